The van der Waals surface area contributed by atoms with Crippen molar-refractivity contribution in [2.75, 3.05) is 37.7 Å². The van der Waals surface area contributed by atoms with Crippen molar-refractivity contribution in [3.8, 4) is 0 Å². The van der Waals surface area contributed by atoms with Gasteiger partial charge in [0.15, 0.2) is 5.13 Å². The lowest BCUT2D eigenvalue weighted by Crippen LogP contribution is -2.48. The number of rotatable bonds is 5. The number of hydrogen-bond acceptors (Lipinski definition) is 5. The number of carbonyl (C=O) groups excluding carboxylic acids is 1. The number of unbranched alkanes of at least 4 members (excludes halogenated alkanes) is 1. The first-order chi connectivity index (χ1) is 8.81. The normalized spacial score (nSPS) is 16.1. The Labute approximate surface area is 111 Å². The van der Waals surface area contributed by atoms with Crippen molar-refractivity contribution in [3.63, 3.8) is 0 Å². The third-order valence-electron chi connectivity index (χ3n) is 3.12. The number of aliphatic hydroxyl groups excluding tert-OH is 1. The molecule has 100 valence electrons. The molecule has 0 bridgehead atoms. The molecule has 18 heavy (non-hydrogen) atoms. The minimum Gasteiger partial charge on any atom is -0.396 e. The molecular formula is C12H19N3O2S. The van der Waals surface area contributed by atoms with Crippen LogP contribution in [0.5, 0.6) is 0 Å². The van der Waals surface area contributed by atoms with Crippen LogP contribution in [0.1, 0.15) is 19.3 Å². The van der Waals surface area contributed by atoms with Gasteiger partial charge >= 0.3 is 0 Å². The summed E-state index contributed by atoms with van der Waals surface area (Å²) in [6.07, 6.45) is 3.86. The highest BCUT2D eigenvalue weighted by Crippen LogP contribution is 2.19. The van der Waals surface area contributed by atoms with E-state index in [1.165, 1.54) is 0 Å². The number of piperazine rings is 1. The van der Waals surface area contributed by atoms with Gasteiger partial charge in [-0.1, -0.05) is 0 Å². The molecule has 1 aliphatic heterocycles. The molecule has 0 saturated carbocycles. The molecule has 0 atom stereocenters. The predicted molar refractivity (Wildman–Crippen MR) is 71.8 cm³/mol. The fourth-order valence-electron chi connectivity index (χ4n) is 2.07. The summed E-state index contributed by atoms with van der Waals surface area (Å²) < 4.78 is 0. The van der Waals surface area contributed by atoms with Gasteiger partial charge in [0.25, 0.3) is 0 Å². The third kappa shape index (κ3) is 3.43. The van der Waals surface area contributed by atoms with E-state index >= 15 is 0 Å². The maximum absolute atomic E-state index is 11.9. The van der Waals surface area contributed by atoms with Crippen LogP contribution in [0.4, 0.5) is 5.13 Å². The van der Waals surface area contributed by atoms with Crippen LogP contribution >= 0.6 is 11.3 Å². The summed E-state index contributed by atoms with van der Waals surface area (Å²) in [6.45, 7) is 3.44. The highest BCUT2D eigenvalue weighted by Gasteiger charge is 2.21. The molecule has 0 spiro atoms. The van der Waals surface area contributed by atoms with Crippen LogP contribution < -0.4 is 4.90 Å². The first-order valence-corrected chi connectivity index (χ1v) is 7.22. The lowest BCUT2D eigenvalue weighted by molar-refractivity contribution is -0.131. The Hall–Kier alpha value is -1.14. The highest BCUT2D eigenvalue weighted by atomic mass is 32.1. The van der Waals surface area contributed by atoms with E-state index in [1.54, 1.807) is 11.3 Å². The molecule has 2 heterocycles. The van der Waals surface area contributed by atoms with Gasteiger partial charge in [0, 0.05) is 50.8 Å². The topological polar surface area (TPSA) is 56.7 Å². The highest BCUT2D eigenvalue weighted by molar-refractivity contribution is 7.13. The SMILES string of the molecule is O=C(CCCCO)N1CCN(c2nccs2)CC1. The lowest BCUT2D eigenvalue weighted by Gasteiger charge is -2.34. The molecule has 0 radical (unpaired) electrons. The van der Waals surface area contributed by atoms with Crippen molar-refractivity contribution in [2.24, 2.45) is 0 Å². The average molecular weight is 269 g/mol. The second kappa shape index (κ2) is 6.70. The van der Waals surface area contributed by atoms with Gasteiger partial charge in [0.2, 0.25) is 5.91 Å². The maximum atomic E-state index is 11.9. The van der Waals surface area contributed by atoms with E-state index in [0.717, 1.165) is 37.7 Å². The van der Waals surface area contributed by atoms with Gasteiger partial charge < -0.3 is 14.9 Å². The molecule has 0 unspecified atom stereocenters. The van der Waals surface area contributed by atoms with E-state index in [2.05, 4.69) is 9.88 Å². The Morgan fingerprint density at radius 2 is 2.11 bits per heavy atom. The smallest absolute Gasteiger partial charge is 0.222 e. The number of thiazole rings is 1. The Morgan fingerprint density at radius 1 is 1.33 bits per heavy atom. The minimum absolute atomic E-state index is 0.172. The number of aromatic nitrogens is 1. The van der Waals surface area contributed by atoms with Crippen LogP contribution in [0, 0.1) is 0 Å². The predicted octanol–water partition coefficient (Wildman–Crippen LogP) is 0.954. The summed E-state index contributed by atoms with van der Waals surface area (Å²) in [7, 11) is 0. The van der Waals surface area contributed by atoms with E-state index in [-0.39, 0.29) is 12.5 Å². The fraction of sp³-hybridized carbons (Fsp3) is 0.667. The maximum Gasteiger partial charge on any atom is 0.222 e. The van der Waals surface area contributed by atoms with Crippen LogP contribution in [0.2, 0.25) is 0 Å². The fourth-order valence-corrected chi connectivity index (χ4v) is 2.76. The van der Waals surface area contributed by atoms with Crippen molar-refractivity contribution in [1.82, 2.24) is 9.88 Å². The second-order valence-electron chi connectivity index (χ2n) is 4.36. The van der Waals surface area contributed by atoms with Gasteiger partial charge in [-0.05, 0) is 12.8 Å². The van der Waals surface area contributed by atoms with E-state index in [1.807, 2.05) is 16.5 Å². The molecular weight excluding hydrogens is 250 g/mol. The van der Waals surface area contributed by atoms with Crippen molar-refractivity contribution >= 4 is 22.4 Å². The molecule has 5 nitrogen and oxygen atoms in total. The van der Waals surface area contributed by atoms with Crippen molar-refractivity contribution in [1.29, 1.82) is 0 Å². The molecule has 0 aliphatic carbocycles. The summed E-state index contributed by atoms with van der Waals surface area (Å²) in [5, 5.41) is 11.7. The molecule has 6 heteroatoms. The van der Waals surface area contributed by atoms with Crippen LogP contribution in [0.3, 0.4) is 0 Å². The monoisotopic (exact) mass is 269 g/mol. The van der Waals surface area contributed by atoms with Crippen LogP contribution in [-0.2, 0) is 4.79 Å². The van der Waals surface area contributed by atoms with E-state index in [0.29, 0.717) is 12.8 Å². The van der Waals surface area contributed by atoms with Gasteiger partial charge in [-0.3, -0.25) is 4.79 Å². The third-order valence-corrected chi connectivity index (χ3v) is 3.95. The average Bonchev–Trinajstić information content (AvgIpc) is 2.93. The standard InChI is InChI=1S/C12H19N3O2S/c16-9-2-1-3-11(17)14-5-7-15(8-6-14)12-13-4-10-18-12/h4,10,16H,1-3,5-9H2. The first-order valence-electron chi connectivity index (χ1n) is 6.34. The van der Waals surface area contributed by atoms with Crippen LogP contribution in [0.25, 0.3) is 0 Å². The summed E-state index contributed by atoms with van der Waals surface area (Å²) in [5.41, 5.74) is 0. The first kappa shape index (κ1) is 13.3. The van der Waals surface area contributed by atoms with Gasteiger partial charge in [-0.15, -0.1) is 11.3 Å². The summed E-state index contributed by atoms with van der Waals surface area (Å²) in [5.74, 6) is 0.210. The molecule has 1 saturated heterocycles. The van der Waals surface area contributed by atoms with Gasteiger partial charge in [-0.25, -0.2) is 4.98 Å². The number of anilines is 1. The number of amides is 1. The Bertz CT molecular complexity index is 361. The summed E-state index contributed by atoms with van der Waals surface area (Å²) in [4.78, 5) is 20.3. The molecule has 1 aromatic rings. The molecule has 0 aromatic carbocycles. The summed E-state index contributed by atoms with van der Waals surface area (Å²) >= 11 is 1.64. The zero-order valence-corrected chi connectivity index (χ0v) is 11.2. The van der Waals surface area contributed by atoms with Crippen LogP contribution in [0.15, 0.2) is 11.6 Å². The van der Waals surface area contributed by atoms with E-state index < -0.39 is 0 Å². The lowest BCUT2D eigenvalue weighted by atomic mass is 10.2. The largest absolute Gasteiger partial charge is 0.396 e. The molecule has 1 fully saturated rings. The van der Waals surface area contributed by atoms with Gasteiger partial charge in [0.1, 0.15) is 0 Å². The Balaban J connectivity index is 1.74. The van der Waals surface area contributed by atoms with Crippen molar-refractivity contribution in [2.45, 2.75) is 19.3 Å². The number of aliphatic hydroxyl groups is 1. The minimum atomic E-state index is 0.172. The summed E-state index contributed by atoms with van der Waals surface area (Å²) in [6, 6.07) is 0. The molecule has 2 rings (SSSR count). The number of nitrogens with zero attached hydrogens (tertiary/aromatic N) is 3. The van der Waals surface area contributed by atoms with E-state index in [9.17, 15) is 4.79 Å². The zero-order valence-electron chi connectivity index (χ0n) is 10.4. The zero-order chi connectivity index (χ0) is 12.8. The van der Waals surface area contributed by atoms with Crippen LogP contribution in [-0.4, -0.2) is 53.7 Å². The number of carbonyl (C=O) groups is 1. The Morgan fingerprint density at radius 3 is 2.72 bits per heavy atom. The molecule has 1 aromatic heterocycles. The van der Waals surface area contributed by atoms with E-state index in [4.69, 9.17) is 5.11 Å². The molecule has 1 aliphatic rings. The Kier molecular flexibility index (Phi) is 4.95. The quantitative estimate of drug-likeness (QED) is 0.809. The van der Waals surface area contributed by atoms with Gasteiger partial charge in [-0.2, -0.15) is 0 Å². The van der Waals surface area contributed by atoms with Crippen molar-refractivity contribution < 1.29 is 9.90 Å². The molecule has 1 N–H and O–H groups in total. The molecule has 1 amide bonds. The van der Waals surface area contributed by atoms with Gasteiger partial charge in [0.05, 0.1) is 0 Å². The second-order valence-corrected chi connectivity index (χ2v) is 5.24. The number of hydrogen-bond donors (Lipinski definition) is 1. The van der Waals surface area contributed by atoms with Crippen molar-refractivity contribution in [3.05, 3.63) is 11.6 Å².